The first-order valence-electron chi connectivity index (χ1n) is 4.50. The molecule has 1 aromatic carbocycles. The molecule has 1 aliphatic carbocycles. The summed E-state index contributed by atoms with van der Waals surface area (Å²) in [6.45, 7) is 0. The van der Waals surface area contributed by atoms with Crippen LogP contribution in [0.1, 0.15) is 11.1 Å². The van der Waals surface area contributed by atoms with Crippen LogP contribution in [0.2, 0.25) is 0 Å². The molecule has 4 N–H and O–H groups in total. The van der Waals surface area contributed by atoms with Gasteiger partial charge in [-0.3, -0.25) is 10.1 Å². The lowest BCUT2D eigenvalue weighted by molar-refractivity contribution is -0.384. The average molecular weight is 272 g/mol. The largest absolute Gasteiger partial charge is 0.392 e. The summed E-state index contributed by atoms with van der Waals surface area (Å²) in [6.07, 6.45) is 1.21. The molecule has 1 aliphatic rings. The van der Waals surface area contributed by atoms with E-state index in [0.29, 0.717) is 22.9 Å². The zero-order valence-electron chi connectivity index (χ0n) is 7.87. The molecule has 0 aliphatic heterocycles. The van der Waals surface area contributed by atoms with Gasteiger partial charge in [-0.05, 0) is 40.4 Å². The topological polar surface area (TPSA) is 95.2 Å². The van der Waals surface area contributed by atoms with Gasteiger partial charge < -0.3 is 11.5 Å². The summed E-state index contributed by atoms with van der Waals surface area (Å²) in [6, 6.07) is 1.79. The predicted molar refractivity (Wildman–Crippen MR) is 60.6 cm³/mol. The number of nitro benzene ring substituents is 1. The van der Waals surface area contributed by atoms with Crippen molar-refractivity contribution < 1.29 is 4.92 Å². The van der Waals surface area contributed by atoms with Crippen molar-refractivity contribution in [2.45, 2.75) is 18.9 Å². The van der Waals surface area contributed by atoms with Crippen LogP contribution in [0.3, 0.4) is 0 Å². The van der Waals surface area contributed by atoms with Gasteiger partial charge >= 0.3 is 0 Å². The average Bonchev–Trinajstić information content (AvgIpc) is 2.46. The van der Waals surface area contributed by atoms with E-state index in [1.165, 1.54) is 0 Å². The Labute approximate surface area is 94.7 Å². The number of fused-ring (bicyclic) bond motifs is 1. The van der Waals surface area contributed by atoms with E-state index in [1.807, 2.05) is 6.07 Å². The Morgan fingerprint density at radius 1 is 1.53 bits per heavy atom. The maximum atomic E-state index is 10.9. The van der Waals surface area contributed by atoms with E-state index in [4.69, 9.17) is 11.5 Å². The van der Waals surface area contributed by atoms with Crippen molar-refractivity contribution in [2.24, 2.45) is 5.73 Å². The third kappa shape index (κ3) is 1.59. The zero-order valence-corrected chi connectivity index (χ0v) is 9.45. The van der Waals surface area contributed by atoms with Crippen LogP contribution in [0.4, 0.5) is 11.4 Å². The first-order valence-corrected chi connectivity index (χ1v) is 5.29. The molecule has 0 spiro atoms. The van der Waals surface area contributed by atoms with E-state index in [9.17, 15) is 10.1 Å². The zero-order chi connectivity index (χ0) is 11.2. The van der Waals surface area contributed by atoms with Gasteiger partial charge in [0, 0.05) is 16.1 Å². The minimum Gasteiger partial charge on any atom is -0.392 e. The molecule has 0 amide bonds. The van der Waals surface area contributed by atoms with Gasteiger partial charge in [0.15, 0.2) is 0 Å². The second kappa shape index (κ2) is 3.46. The summed E-state index contributed by atoms with van der Waals surface area (Å²) in [5, 5.41) is 10.9. The molecule has 0 saturated heterocycles. The Bertz CT molecular complexity index is 447. The van der Waals surface area contributed by atoms with E-state index < -0.39 is 4.92 Å². The van der Waals surface area contributed by atoms with Gasteiger partial charge in [0.25, 0.3) is 5.69 Å². The van der Waals surface area contributed by atoms with Crippen LogP contribution in [0.5, 0.6) is 0 Å². The van der Waals surface area contributed by atoms with Crippen LogP contribution in [0.15, 0.2) is 10.5 Å². The van der Waals surface area contributed by atoms with Crippen LogP contribution in [-0.4, -0.2) is 11.0 Å². The van der Waals surface area contributed by atoms with E-state index >= 15 is 0 Å². The summed E-state index contributed by atoms with van der Waals surface area (Å²) in [4.78, 5) is 10.5. The normalized spacial score (nSPS) is 18.9. The SMILES string of the molecule is Nc1c(Br)cc2c(c1[N+](=O)[O-])CC(N)C2. The van der Waals surface area contributed by atoms with Crippen LogP contribution >= 0.6 is 15.9 Å². The molecule has 2 rings (SSSR count). The number of nitrogens with two attached hydrogens (primary N) is 2. The molecular weight excluding hydrogens is 262 g/mol. The number of nitrogens with zero attached hydrogens (tertiary/aromatic N) is 1. The maximum Gasteiger partial charge on any atom is 0.296 e. The minimum absolute atomic E-state index is 0.00678. The van der Waals surface area contributed by atoms with Gasteiger partial charge in [-0.15, -0.1) is 0 Å². The standard InChI is InChI=1S/C9H10BrN3O2/c10-7-2-4-1-5(11)3-6(4)9(8(7)12)13(14)15/h2,5H,1,3,11-12H2. The molecule has 1 unspecified atom stereocenters. The Morgan fingerprint density at radius 3 is 2.80 bits per heavy atom. The number of anilines is 1. The number of hydrogen-bond donors (Lipinski definition) is 2. The molecule has 80 valence electrons. The molecule has 1 atom stereocenters. The first-order chi connectivity index (χ1) is 7.00. The molecule has 0 fully saturated rings. The van der Waals surface area contributed by atoms with Gasteiger partial charge in [-0.1, -0.05) is 0 Å². The molecule has 0 aromatic heterocycles. The van der Waals surface area contributed by atoms with Crippen molar-refractivity contribution in [3.63, 3.8) is 0 Å². The smallest absolute Gasteiger partial charge is 0.296 e. The fraction of sp³-hybridized carbons (Fsp3) is 0.333. The van der Waals surface area contributed by atoms with Gasteiger partial charge in [0.1, 0.15) is 5.69 Å². The van der Waals surface area contributed by atoms with E-state index in [1.54, 1.807) is 0 Å². The number of nitro groups is 1. The molecular formula is C9H10BrN3O2. The highest BCUT2D eigenvalue weighted by molar-refractivity contribution is 9.10. The fourth-order valence-electron chi connectivity index (χ4n) is 1.98. The quantitative estimate of drug-likeness (QED) is 0.458. The Morgan fingerprint density at radius 2 is 2.20 bits per heavy atom. The van der Waals surface area contributed by atoms with Gasteiger partial charge in [-0.25, -0.2) is 0 Å². The highest BCUT2D eigenvalue weighted by Gasteiger charge is 2.30. The van der Waals surface area contributed by atoms with Gasteiger partial charge in [0.05, 0.1) is 4.92 Å². The molecule has 15 heavy (non-hydrogen) atoms. The summed E-state index contributed by atoms with van der Waals surface area (Å²) < 4.78 is 0.571. The first kappa shape index (κ1) is 10.4. The molecule has 1 aromatic rings. The lowest BCUT2D eigenvalue weighted by atomic mass is 10.1. The second-order valence-electron chi connectivity index (χ2n) is 3.68. The molecule has 0 radical (unpaired) electrons. The number of nitrogen functional groups attached to an aromatic ring is 1. The van der Waals surface area contributed by atoms with Crippen molar-refractivity contribution in [1.29, 1.82) is 0 Å². The predicted octanol–water partition coefficient (Wildman–Crippen LogP) is 1.37. The van der Waals surface area contributed by atoms with Crippen LogP contribution in [0, 0.1) is 10.1 Å². The third-order valence-electron chi connectivity index (χ3n) is 2.62. The number of hydrogen-bond acceptors (Lipinski definition) is 4. The highest BCUT2D eigenvalue weighted by atomic mass is 79.9. The number of halogens is 1. The van der Waals surface area contributed by atoms with E-state index in [-0.39, 0.29) is 17.4 Å². The summed E-state index contributed by atoms with van der Waals surface area (Å²) in [5.41, 5.74) is 13.3. The number of rotatable bonds is 1. The monoisotopic (exact) mass is 271 g/mol. The van der Waals surface area contributed by atoms with Crippen molar-refractivity contribution in [3.8, 4) is 0 Å². The minimum atomic E-state index is -0.434. The second-order valence-corrected chi connectivity index (χ2v) is 4.54. The third-order valence-corrected chi connectivity index (χ3v) is 3.27. The molecule has 0 heterocycles. The summed E-state index contributed by atoms with van der Waals surface area (Å²) in [5.74, 6) is 0. The van der Waals surface area contributed by atoms with Crippen molar-refractivity contribution in [3.05, 3.63) is 31.8 Å². The Hall–Kier alpha value is -1.14. The van der Waals surface area contributed by atoms with E-state index in [0.717, 1.165) is 5.56 Å². The van der Waals surface area contributed by atoms with Crippen LogP contribution in [0.25, 0.3) is 0 Å². The van der Waals surface area contributed by atoms with Gasteiger partial charge in [-0.2, -0.15) is 0 Å². The van der Waals surface area contributed by atoms with Crippen molar-refractivity contribution in [1.82, 2.24) is 0 Å². The summed E-state index contributed by atoms with van der Waals surface area (Å²) >= 11 is 3.22. The van der Waals surface area contributed by atoms with Crippen LogP contribution < -0.4 is 11.5 Å². The molecule has 6 heteroatoms. The summed E-state index contributed by atoms with van der Waals surface area (Å²) in [7, 11) is 0. The van der Waals surface area contributed by atoms with Crippen molar-refractivity contribution >= 4 is 27.3 Å². The van der Waals surface area contributed by atoms with Gasteiger partial charge in [0.2, 0.25) is 0 Å². The fourth-order valence-corrected chi connectivity index (χ4v) is 2.44. The highest BCUT2D eigenvalue weighted by Crippen LogP contribution is 2.39. The molecule has 0 bridgehead atoms. The lowest BCUT2D eigenvalue weighted by Gasteiger charge is -2.05. The Kier molecular flexibility index (Phi) is 2.40. The molecule has 5 nitrogen and oxygen atoms in total. The Balaban J connectivity index is 2.67. The number of benzene rings is 1. The van der Waals surface area contributed by atoms with Crippen molar-refractivity contribution in [2.75, 3.05) is 5.73 Å². The van der Waals surface area contributed by atoms with Crippen LogP contribution in [-0.2, 0) is 12.8 Å². The lowest BCUT2D eigenvalue weighted by Crippen LogP contribution is -2.19. The maximum absolute atomic E-state index is 10.9. The molecule has 0 saturated carbocycles. The van der Waals surface area contributed by atoms with E-state index in [2.05, 4.69) is 15.9 Å².